The Morgan fingerprint density at radius 1 is 1.25 bits per heavy atom. The Bertz CT molecular complexity index is 560. The molecule has 1 aromatic heterocycles. The van der Waals surface area contributed by atoms with Crippen molar-refractivity contribution in [1.29, 1.82) is 0 Å². The Morgan fingerprint density at radius 3 is 2.75 bits per heavy atom. The van der Waals surface area contributed by atoms with Crippen LogP contribution in [0.5, 0.6) is 5.75 Å². The van der Waals surface area contributed by atoms with Gasteiger partial charge in [0.1, 0.15) is 5.75 Å². The van der Waals surface area contributed by atoms with E-state index < -0.39 is 0 Å². The quantitative estimate of drug-likeness (QED) is 0.773. The van der Waals surface area contributed by atoms with Gasteiger partial charge in [-0.05, 0) is 59.3 Å². The van der Waals surface area contributed by atoms with Crippen LogP contribution in [0.1, 0.15) is 31.0 Å². The minimum Gasteiger partial charge on any atom is -0.492 e. The molecule has 1 heterocycles. The average Bonchev–Trinajstić information content (AvgIpc) is 2.46. The van der Waals surface area contributed by atoms with Gasteiger partial charge in [0.25, 0.3) is 0 Å². The van der Waals surface area contributed by atoms with Crippen LogP contribution in [0.2, 0.25) is 0 Å². The first kappa shape index (κ1) is 15.3. The Morgan fingerprint density at radius 2 is 2.05 bits per heavy atom. The zero-order chi connectivity index (χ0) is 14.4. The predicted octanol–water partition coefficient (Wildman–Crippen LogP) is 3.78. The van der Waals surface area contributed by atoms with Crippen LogP contribution in [0.4, 0.5) is 0 Å². The molecule has 0 saturated heterocycles. The minimum atomic E-state index is 0.140. The van der Waals surface area contributed by atoms with E-state index in [0.717, 1.165) is 17.9 Å². The molecular weight excluding hydrogens is 363 g/mol. The molecule has 1 atom stereocenters. The zero-order valence-electron chi connectivity index (χ0n) is 11.8. The normalized spacial score (nSPS) is 12.2. The Balaban J connectivity index is 2.38. The van der Waals surface area contributed by atoms with Gasteiger partial charge in [0.15, 0.2) is 0 Å². The molecule has 0 aliphatic heterocycles. The third-order valence-electron chi connectivity index (χ3n) is 3.00. The number of hydrogen-bond donors (Lipinski definition) is 1. The summed E-state index contributed by atoms with van der Waals surface area (Å²) in [6, 6.07) is 10.6. The van der Waals surface area contributed by atoms with E-state index in [4.69, 9.17) is 4.74 Å². The number of aromatic nitrogens is 1. The van der Waals surface area contributed by atoms with Crippen molar-refractivity contribution in [2.75, 3.05) is 13.2 Å². The SMILES string of the molecule is CCNC(c1cncc(OCC)c1)c1ccccc1I. The van der Waals surface area contributed by atoms with Crippen molar-refractivity contribution in [2.24, 2.45) is 0 Å². The van der Waals surface area contributed by atoms with Crippen molar-refractivity contribution < 1.29 is 4.74 Å². The highest BCUT2D eigenvalue weighted by Gasteiger charge is 2.16. The van der Waals surface area contributed by atoms with Crippen molar-refractivity contribution in [3.05, 3.63) is 57.4 Å². The van der Waals surface area contributed by atoms with Gasteiger partial charge < -0.3 is 10.1 Å². The fraction of sp³-hybridized carbons (Fsp3) is 0.312. The molecule has 106 valence electrons. The Hall–Kier alpha value is -1.14. The van der Waals surface area contributed by atoms with E-state index >= 15 is 0 Å². The van der Waals surface area contributed by atoms with E-state index in [1.165, 1.54) is 9.13 Å². The third-order valence-corrected chi connectivity index (χ3v) is 3.99. The smallest absolute Gasteiger partial charge is 0.137 e. The first-order valence-corrected chi connectivity index (χ1v) is 7.89. The summed E-state index contributed by atoms with van der Waals surface area (Å²) in [5.41, 5.74) is 2.40. The highest BCUT2D eigenvalue weighted by atomic mass is 127. The molecular formula is C16H19IN2O. The fourth-order valence-corrected chi connectivity index (χ4v) is 2.86. The summed E-state index contributed by atoms with van der Waals surface area (Å²) in [5, 5.41) is 3.52. The number of nitrogens with one attached hydrogen (secondary N) is 1. The highest BCUT2D eigenvalue weighted by Crippen LogP contribution is 2.27. The van der Waals surface area contributed by atoms with Gasteiger partial charge in [0.2, 0.25) is 0 Å². The molecule has 0 amide bonds. The van der Waals surface area contributed by atoms with Gasteiger partial charge in [-0.1, -0.05) is 25.1 Å². The molecule has 4 heteroatoms. The molecule has 0 fully saturated rings. The van der Waals surface area contributed by atoms with Crippen LogP contribution in [-0.4, -0.2) is 18.1 Å². The van der Waals surface area contributed by atoms with Crippen LogP contribution >= 0.6 is 22.6 Å². The summed E-state index contributed by atoms with van der Waals surface area (Å²) in [6.45, 7) is 5.64. The van der Waals surface area contributed by atoms with Crippen LogP contribution in [0.3, 0.4) is 0 Å². The maximum atomic E-state index is 5.55. The van der Waals surface area contributed by atoms with Crippen molar-refractivity contribution in [2.45, 2.75) is 19.9 Å². The molecule has 0 saturated carbocycles. The van der Waals surface area contributed by atoms with Crippen LogP contribution in [0.25, 0.3) is 0 Å². The number of pyridine rings is 1. The van der Waals surface area contributed by atoms with Gasteiger partial charge in [-0.25, -0.2) is 0 Å². The largest absolute Gasteiger partial charge is 0.492 e. The number of rotatable bonds is 6. The van der Waals surface area contributed by atoms with Gasteiger partial charge >= 0.3 is 0 Å². The van der Waals surface area contributed by atoms with E-state index in [0.29, 0.717) is 6.61 Å². The van der Waals surface area contributed by atoms with Gasteiger partial charge in [-0.3, -0.25) is 4.98 Å². The van der Waals surface area contributed by atoms with E-state index in [1.807, 2.05) is 13.1 Å². The van der Waals surface area contributed by atoms with Crippen molar-refractivity contribution in [1.82, 2.24) is 10.3 Å². The van der Waals surface area contributed by atoms with E-state index in [9.17, 15) is 0 Å². The van der Waals surface area contributed by atoms with Gasteiger partial charge in [0, 0.05) is 9.77 Å². The van der Waals surface area contributed by atoms with Crippen LogP contribution in [0.15, 0.2) is 42.7 Å². The lowest BCUT2D eigenvalue weighted by Crippen LogP contribution is -2.23. The van der Waals surface area contributed by atoms with Crippen LogP contribution < -0.4 is 10.1 Å². The molecule has 3 nitrogen and oxygen atoms in total. The van der Waals surface area contributed by atoms with E-state index in [2.05, 4.69) is 70.1 Å². The molecule has 0 aliphatic rings. The average molecular weight is 382 g/mol. The first-order chi connectivity index (χ1) is 9.76. The monoisotopic (exact) mass is 382 g/mol. The number of hydrogen-bond acceptors (Lipinski definition) is 3. The maximum Gasteiger partial charge on any atom is 0.137 e. The predicted molar refractivity (Wildman–Crippen MR) is 90.1 cm³/mol. The summed E-state index contributed by atoms with van der Waals surface area (Å²) in [4.78, 5) is 4.29. The summed E-state index contributed by atoms with van der Waals surface area (Å²) in [6.07, 6.45) is 3.66. The summed E-state index contributed by atoms with van der Waals surface area (Å²) in [5.74, 6) is 0.818. The second-order valence-electron chi connectivity index (χ2n) is 4.40. The van der Waals surface area contributed by atoms with Crippen molar-refractivity contribution in [3.8, 4) is 5.75 Å². The molecule has 2 rings (SSSR count). The Labute approximate surface area is 133 Å². The second kappa shape index (κ2) is 7.59. The molecule has 0 radical (unpaired) electrons. The van der Waals surface area contributed by atoms with E-state index in [-0.39, 0.29) is 6.04 Å². The van der Waals surface area contributed by atoms with Crippen LogP contribution in [0, 0.1) is 3.57 Å². The molecule has 0 aliphatic carbocycles. The minimum absolute atomic E-state index is 0.140. The molecule has 20 heavy (non-hydrogen) atoms. The van der Waals surface area contributed by atoms with Gasteiger partial charge in [-0.15, -0.1) is 0 Å². The number of halogens is 1. The third kappa shape index (κ3) is 3.70. The number of ether oxygens (including phenoxy) is 1. The second-order valence-corrected chi connectivity index (χ2v) is 5.56. The van der Waals surface area contributed by atoms with Gasteiger partial charge in [0.05, 0.1) is 18.8 Å². The summed E-state index contributed by atoms with van der Waals surface area (Å²) >= 11 is 2.38. The summed E-state index contributed by atoms with van der Waals surface area (Å²) in [7, 11) is 0. The number of nitrogens with zero attached hydrogens (tertiary/aromatic N) is 1. The van der Waals surface area contributed by atoms with Crippen molar-refractivity contribution in [3.63, 3.8) is 0 Å². The Kier molecular flexibility index (Phi) is 5.79. The molecule has 1 unspecified atom stereocenters. The maximum absolute atomic E-state index is 5.55. The molecule has 0 bridgehead atoms. The first-order valence-electron chi connectivity index (χ1n) is 6.81. The van der Waals surface area contributed by atoms with Crippen LogP contribution in [-0.2, 0) is 0 Å². The molecule has 1 N–H and O–H groups in total. The fourth-order valence-electron chi connectivity index (χ4n) is 2.16. The number of benzene rings is 1. The van der Waals surface area contributed by atoms with Crippen molar-refractivity contribution >= 4 is 22.6 Å². The van der Waals surface area contributed by atoms with Gasteiger partial charge in [-0.2, -0.15) is 0 Å². The lowest BCUT2D eigenvalue weighted by atomic mass is 10.00. The standard InChI is InChI=1S/C16H19IN2O/c1-3-19-16(14-7-5-6-8-15(14)17)12-9-13(20-4-2)11-18-10-12/h5-11,16,19H,3-4H2,1-2H3. The molecule has 0 spiro atoms. The van der Waals surface area contributed by atoms with E-state index in [1.54, 1.807) is 6.20 Å². The zero-order valence-corrected chi connectivity index (χ0v) is 13.9. The lowest BCUT2D eigenvalue weighted by Gasteiger charge is -2.20. The topological polar surface area (TPSA) is 34.2 Å². The highest BCUT2D eigenvalue weighted by molar-refractivity contribution is 14.1. The summed E-state index contributed by atoms with van der Waals surface area (Å²) < 4.78 is 6.80. The molecule has 1 aromatic carbocycles. The lowest BCUT2D eigenvalue weighted by molar-refractivity contribution is 0.338. The molecule has 2 aromatic rings.